The van der Waals surface area contributed by atoms with Crippen LogP contribution >= 0.6 is 0 Å². The van der Waals surface area contributed by atoms with Gasteiger partial charge in [0.1, 0.15) is 4.90 Å². The van der Waals surface area contributed by atoms with Gasteiger partial charge >= 0.3 is 0 Å². The smallest absolute Gasteiger partial charge is 0.295 e. The molecular weight excluding hydrogens is 452 g/mol. The maximum atomic E-state index is 11.7. The predicted octanol–water partition coefficient (Wildman–Crippen LogP) is 5.81. The summed E-state index contributed by atoms with van der Waals surface area (Å²) in [6, 6.07) is 4.57. The summed E-state index contributed by atoms with van der Waals surface area (Å²) in [5.74, 6) is 0.577. The number of allylic oxidation sites excluding steroid dienone is 1. The van der Waals surface area contributed by atoms with Crippen LogP contribution in [0, 0.1) is 0 Å². The number of rotatable bonds is 16. The lowest BCUT2D eigenvalue weighted by molar-refractivity contribution is 0.483. The number of aromatic nitrogens is 3. The Morgan fingerprint density at radius 1 is 0.941 bits per heavy atom. The molecule has 0 saturated carbocycles. The highest BCUT2D eigenvalue weighted by Crippen LogP contribution is 2.24. The molecule has 0 unspecified atom stereocenters. The molecule has 9 nitrogen and oxygen atoms in total. The highest BCUT2D eigenvalue weighted by atomic mass is 32.2. The molecule has 0 bridgehead atoms. The molecule has 0 aliphatic carbocycles. The van der Waals surface area contributed by atoms with E-state index < -0.39 is 10.1 Å². The third-order valence-corrected chi connectivity index (χ3v) is 6.27. The normalized spacial score (nSPS) is 11.7. The first-order valence-corrected chi connectivity index (χ1v) is 13.5. The van der Waals surface area contributed by atoms with Gasteiger partial charge in [-0.15, -0.1) is 0 Å². The van der Waals surface area contributed by atoms with E-state index in [4.69, 9.17) is 5.73 Å². The Hall–Kier alpha value is -2.72. The molecule has 0 aliphatic heterocycles. The van der Waals surface area contributed by atoms with Crippen molar-refractivity contribution >= 4 is 39.7 Å². The molecule has 1 heterocycles. The Bertz CT molecular complexity index is 1030. The number of nitrogens with one attached hydrogen (secondary N) is 2. The highest BCUT2D eigenvalue weighted by Gasteiger charge is 2.15. The quantitative estimate of drug-likeness (QED) is 0.169. The van der Waals surface area contributed by atoms with Gasteiger partial charge in [0.05, 0.1) is 0 Å². The van der Waals surface area contributed by atoms with E-state index in [1.54, 1.807) is 31.2 Å². The number of benzene rings is 1. The van der Waals surface area contributed by atoms with E-state index in [1.807, 2.05) is 0 Å². The molecule has 2 rings (SSSR count). The molecule has 188 valence electrons. The fraction of sp³-hybridized carbons (Fsp3) is 0.542. The van der Waals surface area contributed by atoms with Crippen LogP contribution in [0.2, 0.25) is 0 Å². The number of nitrogens with zero attached hydrogens (tertiary/aromatic N) is 3. The average Bonchev–Trinajstić information content (AvgIpc) is 2.77. The number of nitrogens with two attached hydrogens (primary N) is 1. The molecule has 2 aromatic rings. The largest absolute Gasteiger partial charge is 0.368 e. The lowest BCUT2D eigenvalue weighted by Crippen LogP contribution is -2.10. The zero-order valence-corrected chi connectivity index (χ0v) is 21.1. The number of nitrogen functional groups attached to an aromatic ring is 1. The minimum atomic E-state index is -4.40. The second-order valence-electron chi connectivity index (χ2n) is 8.30. The van der Waals surface area contributed by atoms with Crippen molar-refractivity contribution in [3.63, 3.8) is 0 Å². The van der Waals surface area contributed by atoms with Gasteiger partial charge in [-0.25, -0.2) is 0 Å². The molecule has 1 aromatic carbocycles. The van der Waals surface area contributed by atoms with Crippen molar-refractivity contribution in [3.8, 4) is 0 Å². The van der Waals surface area contributed by atoms with Crippen molar-refractivity contribution in [2.75, 3.05) is 22.9 Å². The van der Waals surface area contributed by atoms with Crippen molar-refractivity contribution in [1.82, 2.24) is 15.0 Å². The topological polar surface area (TPSA) is 143 Å². The van der Waals surface area contributed by atoms with E-state index in [0.717, 1.165) is 19.4 Å². The fourth-order valence-electron chi connectivity index (χ4n) is 3.62. The third kappa shape index (κ3) is 10.0. The van der Waals surface area contributed by atoms with Crippen LogP contribution < -0.4 is 16.4 Å². The molecule has 1 aromatic heterocycles. The third-order valence-electron chi connectivity index (χ3n) is 5.36. The molecule has 0 spiro atoms. The van der Waals surface area contributed by atoms with Crippen LogP contribution in [0.25, 0.3) is 6.08 Å². The molecule has 0 fully saturated rings. The van der Waals surface area contributed by atoms with Crippen molar-refractivity contribution in [2.24, 2.45) is 0 Å². The molecule has 34 heavy (non-hydrogen) atoms. The van der Waals surface area contributed by atoms with Crippen molar-refractivity contribution in [2.45, 2.75) is 83.0 Å². The average molecular weight is 491 g/mol. The summed E-state index contributed by atoms with van der Waals surface area (Å²) >= 11 is 0. The second-order valence-corrected chi connectivity index (χ2v) is 9.69. The number of hydrogen-bond donors (Lipinski definition) is 4. The van der Waals surface area contributed by atoms with Crippen molar-refractivity contribution in [1.29, 1.82) is 0 Å². The van der Waals surface area contributed by atoms with Crippen molar-refractivity contribution in [3.05, 3.63) is 29.8 Å². The van der Waals surface area contributed by atoms with Gasteiger partial charge in [0.2, 0.25) is 17.8 Å². The number of hydrogen-bond acceptors (Lipinski definition) is 8. The van der Waals surface area contributed by atoms with E-state index in [0.29, 0.717) is 17.2 Å². The number of anilines is 4. The van der Waals surface area contributed by atoms with Gasteiger partial charge in [0.15, 0.2) is 0 Å². The summed E-state index contributed by atoms with van der Waals surface area (Å²) in [5, 5.41) is 6.10. The van der Waals surface area contributed by atoms with Gasteiger partial charge in [-0.05, 0) is 31.0 Å². The van der Waals surface area contributed by atoms with Gasteiger partial charge in [0.25, 0.3) is 10.1 Å². The minimum absolute atomic E-state index is 0.0450. The maximum absolute atomic E-state index is 11.7. The Balaban J connectivity index is 1.85. The highest BCUT2D eigenvalue weighted by molar-refractivity contribution is 7.86. The van der Waals surface area contributed by atoms with Crippen LogP contribution in [0.5, 0.6) is 0 Å². The summed E-state index contributed by atoms with van der Waals surface area (Å²) in [6.45, 7) is 4.73. The Labute approximate surface area is 203 Å². The summed E-state index contributed by atoms with van der Waals surface area (Å²) in [4.78, 5) is 12.3. The van der Waals surface area contributed by atoms with Gasteiger partial charge in [-0.2, -0.15) is 23.4 Å². The van der Waals surface area contributed by atoms with Crippen LogP contribution in [0.3, 0.4) is 0 Å². The number of unbranched alkanes of at least 4 members (excludes halogenated alkanes) is 9. The Morgan fingerprint density at radius 2 is 1.56 bits per heavy atom. The fourth-order valence-corrected chi connectivity index (χ4v) is 4.33. The zero-order chi connectivity index (χ0) is 24.8. The first kappa shape index (κ1) is 27.5. The molecule has 0 atom stereocenters. The van der Waals surface area contributed by atoms with Crippen molar-refractivity contribution < 1.29 is 13.0 Å². The van der Waals surface area contributed by atoms with Crippen LogP contribution in [-0.2, 0) is 10.1 Å². The Kier molecular flexibility index (Phi) is 11.8. The lowest BCUT2D eigenvalue weighted by Gasteiger charge is -2.11. The zero-order valence-electron chi connectivity index (χ0n) is 20.3. The summed E-state index contributed by atoms with van der Waals surface area (Å²) in [5.41, 5.74) is 6.59. The molecule has 10 heteroatoms. The SMILES string of the molecule is C/C=C/c1ccc(Nc2nc(N)nc(NCCCCCCCCCCCC)n2)cc1S(=O)(=O)O. The molecule has 0 amide bonds. The van der Waals surface area contributed by atoms with E-state index >= 15 is 0 Å². The lowest BCUT2D eigenvalue weighted by atomic mass is 10.1. The van der Waals surface area contributed by atoms with Gasteiger partial charge < -0.3 is 16.4 Å². The molecular formula is C24H38N6O3S. The standard InChI is InChI=1S/C24H38N6O3S/c1-3-5-6-7-8-9-10-11-12-13-17-26-23-28-22(25)29-24(30-23)27-20-16-15-19(14-4-2)21(18-20)34(31,32)33/h4,14-16,18H,3,5-13,17H2,1-2H3,(H,31,32,33)(H4,25,26,27,28,29,30)/b14-4+. The predicted molar refractivity (Wildman–Crippen MR) is 139 cm³/mol. The second kappa shape index (κ2) is 14.5. The van der Waals surface area contributed by atoms with E-state index in [-0.39, 0.29) is 16.8 Å². The Morgan fingerprint density at radius 3 is 2.18 bits per heavy atom. The summed E-state index contributed by atoms with van der Waals surface area (Å²) in [7, 11) is -4.40. The molecule has 5 N–H and O–H groups in total. The van der Waals surface area contributed by atoms with E-state index in [9.17, 15) is 13.0 Å². The van der Waals surface area contributed by atoms with E-state index in [1.165, 1.54) is 57.4 Å². The molecule has 0 aliphatic rings. The van der Waals surface area contributed by atoms with Gasteiger partial charge in [-0.3, -0.25) is 4.55 Å². The first-order valence-electron chi connectivity index (χ1n) is 12.1. The van der Waals surface area contributed by atoms with Crippen LogP contribution in [0.4, 0.5) is 23.5 Å². The van der Waals surface area contributed by atoms with Gasteiger partial charge in [-0.1, -0.05) is 82.9 Å². The first-order chi connectivity index (χ1) is 16.3. The minimum Gasteiger partial charge on any atom is -0.368 e. The monoisotopic (exact) mass is 490 g/mol. The molecule has 0 radical (unpaired) electrons. The van der Waals surface area contributed by atoms with Gasteiger partial charge in [0, 0.05) is 12.2 Å². The summed E-state index contributed by atoms with van der Waals surface area (Å²) in [6.07, 6.45) is 15.9. The summed E-state index contributed by atoms with van der Waals surface area (Å²) < 4.78 is 33.0. The van der Waals surface area contributed by atoms with Crippen LogP contribution in [0.1, 0.15) is 83.6 Å². The van der Waals surface area contributed by atoms with Crippen LogP contribution in [-0.4, -0.2) is 34.5 Å². The maximum Gasteiger partial charge on any atom is 0.295 e. The van der Waals surface area contributed by atoms with Crippen LogP contribution in [0.15, 0.2) is 29.2 Å². The molecule has 0 saturated heterocycles. The van der Waals surface area contributed by atoms with E-state index in [2.05, 4.69) is 32.5 Å².